The molecule has 2 aromatic rings. The standard InChI is InChI=1S/C16H16N2/c1-13(17-15-9-5-3-6-10-15)14(2)18-16-11-7-4-8-12-16/h3-12,17-18H,1-2H2. The molecular weight excluding hydrogens is 220 g/mol. The van der Waals surface area contributed by atoms with Gasteiger partial charge in [-0.25, -0.2) is 0 Å². The molecule has 0 heterocycles. The molecule has 0 aliphatic heterocycles. The molecule has 0 saturated heterocycles. The summed E-state index contributed by atoms with van der Waals surface area (Å²) in [5.41, 5.74) is 3.51. The number of rotatable bonds is 5. The Labute approximate surface area is 108 Å². The van der Waals surface area contributed by atoms with Gasteiger partial charge in [0.15, 0.2) is 0 Å². The molecule has 2 heteroatoms. The zero-order valence-corrected chi connectivity index (χ0v) is 10.2. The summed E-state index contributed by atoms with van der Waals surface area (Å²) in [4.78, 5) is 0. The van der Waals surface area contributed by atoms with Gasteiger partial charge < -0.3 is 10.6 Å². The molecule has 90 valence electrons. The number of nitrogens with one attached hydrogen (secondary N) is 2. The smallest absolute Gasteiger partial charge is 0.0544 e. The lowest BCUT2D eigenvalue weighted by atomic mass is 10.2. The summed E-state index contributed by atoms with van der Waals surface area (Å²) in [5, 5.41) is 6.41. The lowest BCUT2D eigenvalue weighted by Gasteiger charge is -2.14. The quantitative estimate of drug-likeness (QED) is 0.759. The van der Waals surface area contributed by atoms with E-state index in [-0.39, 0.29) is 0 Å². The van der Waals surface area contributed by atoms with E-state index in [1.807, 2.05) is 60.7 Å². The van der Waals surface area contributed by atoms with Crippen LogP contribution < -0.4 is 10.6 Å². The molecule has 0 atom stereocenters. The van der Waals surface area contributed by atoms with Crippen LogP contribution in [0.4, 0.5) is 11.4 Å². The molecule has 0 radical (unpaired) electrons. The number of anilines is 2. The Balaban J connectivity index is 1.96. The molecule has 2 N–H and O–H groups in total. The molecule has 0 aromatic heterocycles. The number of hydrogen-bond acceptors (Lipinski definition) is 2. The normalized spacial score (nSPS) is 9.56. The number of para-hydroxylation sites is 2. The van der Waals surface area contributed by atoms with Gasteiger partial charge in [-0.15, -0.1) is 0 Å². The highest BCUT2D eigenvalue weighted by atomic mass is 15.0. The second-order valence-electron chi connectivity index (χ2n) is 3.94. The molecular formula is C16H16N2. The van der Waals surface area contributed by atoms with Gasteiger partial charge in [0.1, 0.15) is 0 Å². The molecule has 0 fully saturated rings. The Morgan fingerprint density at radius 3 is 1.28 bits per heavy atom. The van der Waals surface area contributed by atoms with Gasteiger partial charge in [-0.05, 0) is 24.3 Å². The first kappa shape index (κ1) is 12.0. The van der Waals surface area contributed by atoms with E-state index in [1.54, 1.807) is 0 Å². The molecule has 0 spiro atoms. The summed E-state index contributed by atoms with van der Waals surface area (Å²) in [6.07, 6.45) is 0. The van der Waals surface area contributed by atoms with Crippen LogP contribution in [0, 0.1) is 0 Å². The molecule has 0 amide bonds. The van der Waals surface area contributed by atoms with Crippen molar-refractivity contribution in [2.24, 2.45) is 0 Å². The minimum absolute atomic E-state index is 0.755. The summed E-state index contributed by atoms with van der Waals surface area (Å²) < 4.78 is 0. The van der Waals surface area contributed by atoms with Crippen molar-refractivity contribution in [1.29, 1.82) is 0 Å². The van der Waals surface area contributed by atoms with Crippen molar-refractivity contribution >= 4 is 11.4 Å². The van der Waals surface area contributed by atoms with Crippen molar-refractivity contribution in [3.63, 3.8) is 0 Å². The minimum Gasteiger partial charge on any atom is -0.354 e. The molecule has 0 bridgehead atoms. The largest absolute Gasteiger partial charge is 0.354 e. The molecule has 18 heavy (non-hydrogen) atoms. The Morgan fingerprint density at radius 2 is 0.944 bits per heavy atom. The van der Waals surface area contributed by atoms with E-state index in [2.05, 4.69) is 23.8 Å². The van der Waals surface area contributed by atoms with E-state index >= 15 is 0 Å². The predicted octanol–water partition coefficient (Wildman–Crippen LogP) is 4.24. The van der Waals surface area contributed by atoms with E-state index in [1.165, 1.54) is 0 Å². The number of hydrogen-bond donors (Lipinski definition) is 2. The van der Waals surface area contributed by atoms with E-state index < -0.39 is 0 Å². The van der Waals surface area contributed by atoms with Crippen LogP contribution in [0.5, 0.6) is 0 Å². The van der Waals surface area contributed by atoms with Gasteiger partial charge in [0.2, 0.25) is 0 Å². The van der Waals surface area contributed by atoms with Crippen molar-refractivity contribution in [3.05, 3.63) is 85.2 Å². The van der Waals surface area contributed by atoms with E-state index in [4.69, 9.17) is 0 Å². The monoisotopic (exact) mass is 236 g/mol. The SMILES string of the molecule is C=C(Nc1ccccc1)C(=C)Nc1ccccc1. The van der Waals surface area contributed by atoms with Crippen LogP contribution in [-0.4, -0.2) is 0 Å². The third kappa shape index (κ3) is 3.25. The maximum absolute atomic E-state index is 3.97. The van der Waals surface area contributed by atoms with Gasteiger partial charge in [0.05, 0.1) is 11.4 Å². The molecule has 0 unspecified atom stereocenters. The van der Waals surface area contributed by atoms with E-state index in [9.17, 15) is 0 Å². The molecule has 0 aliphatic rings. The van der Waals surface area contributed by atoms with Crippen LogP contribution in [0.3, 0.4) is 0 Å². The maximum Gasteiger partial charge on any atom is 0.0544 e. The third-order valence-corrected chi connectivity index (χ3v) is 2.50. The van der Waals surface area contributed by atoms with E-state index in [0.29, 0.717) is 0 Å². The molecule has 2 aromatic carbocycles. The van der Waals surface area contributed by atoms with Gasteiger partial charge >= 0.3 is 0 Å². The molecule has 0 saturated carbocycles. The summed E-state index contributed by atoms with van der Waals surface area (Å²) >= 11 is 0. The van der Waals surface area contributed by atoms with Gasteiger partial charge in [0.25, 0.3) is 0 Å². The van der Waals surface area contributed by atoms with Crippen LogP contribution in [0.25, 0.3) is 0 Å². The fourth-order valence-corrected chi connectivity index (χ4v) is 1.54. The highest BCUT2D eigenvalue weighted by molar-refractivity contribution is 5.57. The van der Waals surface area contributed by atoms with Crippen LogP contribution in [0.1, 0.15) is 0 Å². The Hall–Kier alpha value is -2.48. The van der Waals surface area contributed by atoms with Crippen LogP contribution in [-0.2, 0) is 0 Å². The summed E-state index contributed by atoms with van der Waals surface area (Å²) in [7, 11) is 0. The van der Waals surface area contributed by atoms with Gasteiger partial charge in [-0.1, -0.05) is 49.6 Å². The van der Waals surface area contributed by atoms with Gasteiger partial charge in [0, 0.05) is 11.4 Å². The Kier molecular flexibility index (Phi) is 3.82. The Morgan fingerprint density at radius 1 is 0.611 bits per heavy atom. The predicted molar refractivity (Wildman–Crippen MR) is 78.4 cm³/mol. The van der Waals surface area contributed by atoms with Crippen molar-refractivity contribution < 1.29 is 0 Å². The van der Waals surface area contributed by atoms with Crippen molar-refractivity contribution in [2.45, 2.75) is 0 Å². The third-order valence-electron chi connectivity index (χ3n) is 2.50. The topological polar surface area (TPSA) is 24.1 Å². The summed E-state index contributed by atoms with van der Waals surface area (Å²) in [5.74, 6) is 0. The lowest BCUT2D eigenvalue weighted by molar-refractivity contribution is 1.36. The average molecular weight is 236 g/mol. The fraction of sp³-hybridized carbons (Fsp3) is 0. The van der Waals surface area contributed by atoms with E-state index in [0.717, 1.165) is 22.8 Å². The summed E-state index contributed by atoms with van der Waals surface area (Å²) in [6, 6.07) is 19.8. The minimum atomic E-state index is 0.755. The fourth-order valence-electron chi connectivity index (χ4n) is 1.54. The zero-order chi connectivity index (χ0) is 12.8. The zero-order valence-electron chi connectivity index (χ0n) is 10.2. The first-order valence-electron chi connectivity index (χ1n) is 5.78. The van der Waals surface area contributed by atoms with Gasteiger partial charge in [-0.2, -0.15) is 0 Å². The van der Waals surface area contributed by atoms with Crippen molar-refractivity contribution in [1.82, 2.24) is 0 Å². The van der Waals surface area contributed by atoms with Crippen molar-refractivity contribution in [2.75, 3.05) is 10.6 Å². The Bertz CT molecular complexity index is 478. The second-order valence-corrected chi connectivity index (χ2v) is 3.94. The maximum atomic E-state index is 3.97. The summed E-state index contributed by atoms with van der Waals surface area (Å²) in [6.45, 7) is 7.95. The molecule has 2 rings (SSSR count). The van der Waals surface area contributed by atoms with Crippen molar-refractivity contribution in [3.8, 4) is 0 Å². The highest BCUT2D eigenvalue weighted by Crippen LogP contribution is 2.15. The number of benzene rings is 2. The second kappa shape index (κ2) is 5.73. The highest BCUT2D eigenvalue weighted by Gasteiger charge is 2.00. The van der Waals surface area contributed by atoms with Crippen LogP contribution in [0.15, 0.2) is 85.2 Å². The molecule has 0 aliphatic carbocycles. The first-order chi connectivity index (χ1) is 8.75. The average Bonchev–Trinajstić information content (AvgIpc) is 2.41. The lowest BCUT2D eigenvalue weighted by Crippen LogP contribution is -2.07. The molecule has 2 nitrogen and oxygen atoms in total. The van der Waals surface area contributed by atoms with Gasteiger partial charge in [-0.3, -0.25) is 0 Å². The van der Waals surface area contributed by atoms with Crippen LogP contribution in [0.2, 0.25) is 0 Å². The first-order valence-corrected chi connectivity index (χ1v) is 5.78. The van der Waals surface area contributed by atoms with Crippen LogP contribution >= 0.6 is 0 Å².